The van der Waals surface area contributed by atoms with Gasteiger partial charge in [0.1, 0.15) is 10.5 Å². The lowest BCUT2D eigenvalue weighted by Crippen LogP contribution is -1.91. The molecule has 0 saturated carbocycles. The maximum Gasteiger partial charge on any atom is 0.176 e. The van der Waals surface area contributed by atoms with Crippen LogP contribution in [0.1, 0.15) is 13.8 Å². The van der Waals surface area contributed by atoms with Crippen molar-refractivity contribution in [2.45, 2.75) is 13.8 Å². The second-order valence-corrected chi connectivity index (χ2v) is 2.39. The first-order valence-corrected chi connectivity index (χ1v) is 4.09. The van der Waals surface area contributed by atoms with Crippen LogP contribution in [0, 0.1) is 9.41 Å². The Labute approximate surface area is 75.7 Å². The summed E-state index contributed by atoms with van der Waals surface area (Å²) in [7, 11) is 0. The zero-order valence-corrected chi connectivity index (χ0v) is 8.10. The van der Waals surface area contributed by atoms with Crippen LogP contribution in [0.15, 0.2) is 6.07 Å². The summed E-state index contributed by atoms with van der Waals surface area (Å²) in [5, 5.41) is 0. The molecule has 0 aliphatic carbocycles. The van der Waals surface area contributed by atoms with Gasteiger partial charge in [-0.3, -0.25) is 0 Å². The van der Waals surface area contributed by atoms with Crippen molar-refractivity contribution in [3.63, 3.8) is 0 Å². The number of hydrogen-bond acceptors (Lipinski definition) is 3. The fourth-order valence-electron chi connectivity index (χ4n) is 0.488. The van der Waals surface area contributed by atoms with Gasteiger partial charge in [-0.15, -0.1) is 0 Å². The smallest absolute Gasteiger partial charge is 0.176 e. The van der Waals surface area contributed by atoms with E-state index >= 15 is 0 Å². The molecule has 0 atom stereocenters. The third-order valence-corrected chi connectivity index (χ3v) is 1.21. The number of nitrogens with one attached hydrogen (secondary N) is 2. The number of aromatic amines is 2. The molecule has 0 aromatic carbocycles. The lowest BCUT2D eigenvalue weighted by Gasteiger charge is -1.89. The van der Waals surface area contributed by atoms with Crippen molar-refractivity contribution in [1.29, 1.82) is 0 Å². The van der Waals surface area contributed by atoms with E-state index in [1.54, 1.807) is 6.07 Å². The molecule has 0 radical (unpaired) electrons. The third kappa shape index (κ3) is 3.90. The van der Waals surface area contributed by atoms with Crippen LogP contribution >= 0.6 is 24.4 Å². The number of nitrogen functional groups attached to an aromatic ring is 1. The summed E-state index contributed by atoms with van der Waals surface area (Å²) in [5.41, 5.74) is 5.35. The van der Waals surface area contributed by atoms with Crippen LogP contribution in [0.4, 0.5) is 5.82 Å². The zero-order chi connectivity index (χ0) is 8.85. The molecule has 1 rings (SSSR count). The van der Waals surface area contributed by atoms with Gasteiger partial charge in [0.2, 0.25) is 0 Å². The average Bonchev–Trinajstić information content (AvgIpc) is 1.88. The van der Waals surface area contributed by atoms with Crippen LogP contribution in [-0.2, 0) is 0 Å². The van der Waals surface area contributed by atoms with Crippen molar-refractivity contribution >= 4 is 30.3 Å². The second-order valence-electron chi connectivity index (χ2n) is 1.54. The monoisotopic (exact) mass is 189 g/mol. The summed E-state index contributed by atoms with van der Waals surface area (Å²) in [6.07, 6.45) is 0. The van der Waals surface area contributed by atoms with E-state index in [0.717, 1.165) is 0 Å². The normalized spacial score (nSPS) is 8.18. The molecule has 11 heavy (non-hydrogen) atoms. The summed E-state index contributed by atoms with van der Waals surface area (Å²) in [6.45, 7) is 4.00. The van der Waals surface area contributed by atoms with Gasteiger partial charge in [-0.1, -0.05) is 26.1 Å². The predicted molar refractivity (Wildman–Crippen MR) is 52.6 cm³/mol. The molecule has 4 N–H and O–H groups in total. The fourth-order valence-corrected chi connectivity index (χ4v) is 1.01. The van der Waals surface area contributed by atoms with E-state index in [-0.39, 0.29) is 0 Å². The summed E-state index contributed by atoms with van der Waals surface area (Å²) >= 11 is 9.49. The van der Waals surface area contributed by atoms with Gasteiger partial charge in [0.05, 0.1) is 0 Å². The first-order chi connectivity index (χ1) is 5.18. The number of nitrogens with two attached hydrogens (primary N) is 1. The zero-order valence-electron chi connectivity index (χ0n) is 6.47. The van der Waals surface area contributed by atoms with Crippen LogP contribution in [0.25, 0.3) is 0 Å². The van der Waals surface area contributed by atoms with Gasteiger partial charge in [0, 0.05) is 6.07 Å². The maximum atomic E-state index is 5.35. The Kier molecular flexibility index (Phi) is 4.72. The van der Waals surface area contributed by atoms with Crippen LogP contribution in [0.5, 0.6) is 0 Å². The highest BCUT2D eigenvalue weighted by Gasteiger charge is 1.81. The summed E-state index contributed by atoms with van der Waals surface area (Å²) in [4.78, 5) is 5.39. The van der Waals surface area contributed by atoms with E-state index in [1.807, 2.05) is 13.8 Å². The van der Waals surface area contributed by atoms with E-state index in [1.165, 1.54) is 0 Å². The number of hydrogen-bond donors (Lipinski definition) is 3. The SMILES string of the molecule is CC.Nc1cc(=S)[nH]c(=S)[nH]1. The van der Waals surface area contributed by atoms with Crippen molar-refractivity contribution in [2.75, 3.05) is 5.73 Å². The minimum atomic E-state index is 0.458. The lowest BCUT2D eigenvalue weighted by molar-refractivity contribution is 1.13. The van der Waals surface area contributed by atoms with Crippen LogP contribution < -0.4 is 5.73 Å². The molecule has 0 fully saturated rings. The van der Waals surface area contributed by atoms with Gasteiger partial charge < -0.3 is 15.7 Å². The van der Waals surface area contributed by atoms with E-state index in [4.69, 9.17) is 30.2 Å². The van der Waals surface area contributed by atoms with Gasteiger partial charge in [-0.05, 0) is 12.2 Å². The molecule has 0 amide bonds. The van der Waals surface area contributed by atoms with Gasteiger partial charge in [-0.2, -0.15) is 0 Å². The molecule has 0 aliphatic heterocycles. The standard InChI is InChI=1S/C4H5N3S2.C2H6/c5-2-1-3(8)7-4(9)6-2;1-2/h1H,(H4,5,6,7,8,9);1-2H3. The quantitative estimate of drug-likeness (QED) is 0.549. The minimum absolute atomic E-state index is 0.458. The van der Waals surface area contributed by atoms with Crippen molar-refractivity contribution in [2.24, 2.45) is 0 Å². The molecule has 0 bridgehead atoms. The molecule has 62 valence electrons. The summed E-state index contributed by atoms with van der Waals surface area (Å²) in [6, 6.07) is 1.60. The first kappa shape index (κ1) is 10.3. The molecule has 1 aromatic rings. The summed E-state index contributed by atoms with van der Waals surface area (Å²) < 4.78 is 1.01. The molecular weight excluding hydrogens is 178 g/mol. The maximum absolute atomic E-state index is 5.35. The van der Waals surface area contributed by atoms with Crippen LogP contribution in [0.2, 0.25) is 0 Å². The summed E-state index contributed by atoms with van der Waals surface area (Å²) in [5.74, 6) is 0.490. The predicted octanol–water partition coefficient (Wildman–Crippen LogP) is 2.41. The molecule has 0 saturated heterocycles. The van der Waals surface area contributed by atoms with Crippen molar-refractivity contribution in [1.82, 2.24) is 9.97 Å². The fraction of sp³-hybridized carbons (Fsp3) is 0.333. The van der Waals surface area contributed by atoms with Gasteiger partial charge in [0.25, 0.3) is 0 Å². The largest absolute Gasteiger partial charge is 0.385 e. The highest BCUT2D eigenvalue weighted by molar-refractivity contribution is 7.72. The van der Waals surface area contributed by atoms with Crippen molar-refractivity contribution < 1.29 is 0 Å². The lowest BCUT2D eigenvalue weighted by atomic mass is 10.6. The Bertz CT molecular complexity index is 284. The molecule has 0 spiro atoms. The molecule has 1 heterocycles. The van der Waals surface area contributed by atoms with E-state index in [0.29, 0.717) is 15.2 Å². The van der Waals surface area contributed by atoms with Gasteiger partial charge >= 0.3 is 0 Å². The molecular formula is C6H11N3S2. The van der Waals surface area contributed by atoms with E-state index < -0.39 is 0 Å². The van der Waals surface area contributed by atoms with E-state index in [9.17, 15) is 0 Å². The van der Waals surface area contributed by atoms with Gasteiger partial charge in [0.15, 0.2) is 4.77 Å². The van der Waals surface area contributed by atoms with Crippen LogP contribution in [0.3, 0.4) is 0 Å². The Hall–Kier alpha value is -0.680. The number of rotatable bonds is 0. The minimum Gasteiger partial charge on any atom is -0.385 e. The number of aromatic nitrogens is 2. The molecule has 3 nitrogen and oxygen atoms in total. The Morgan fingerprint density at radius 1 is 1.27 bits per heavy atom. The number of anilines is 1. The Balaban J connectivity index is 0.000000461. The molecule has 0 aliphatic rings. The number of H-pyrrole nitrogens is 2. The molecule has 5 heteroatoms. The molecule has 0 unspecified atom stereocenters. The highest BCUT2D eigenvalue weighted by Crippen LogP contribution is 1.93. The molecule has 1 aromatic heterocycles. The topological polar surface area (TPSA) is 57.6 Å². The third-order valence-electron chi connectivity index (χ3n) is 0.781. The van der Waals surface area contributed by atoms with E-state index in [2.05, 4.69) is 9.97 Å². The second kappa shape index (κ2) is 5.03. The van der Waals surface area contributed by atoms with Crippen molar-refractivity contribution in [3.8, 4) is 0 Å². The Morgan fingerprint density at radius 2 is 1.82 bits per heavy atom. The van der Waals surface area contributed by atoms with Crippen molar-refractivity contribution in [3.05, 3.63) is 15.5 Å². The highest BCUT2D eigenvalue weighted by atomic mass is 32.1. The van der Waals surface area contributed by atoms with Crippen LogP contribution in [-0.4, -0.2) is 9.97 Å². The first-order valence-electron chi connectivity index (χ1n) is 3.27. The van der Waals surface area contributed by atoms with Gasteiger partial charge in [-0.25, -0.2) is 0 Å². The average molecular weight is 189 g/mol. The Morgan fingerprint density at radius 3 is 2.18 bits per heavy atom.